The number of unbranched alkanes of at least 4 members (excludes halogenated alkanes) is 2. The Labute approximate surface area is 402 Å². The van der Waals surface area contributed by atoms with E-state index in [9.17, 15) is 24.6 Å². The first-order valence-electron chi connectivity index (χ1n) is 22.6. The molecule has 1 unspecified atom stereocenters. The minimum absolute atomic E-state index is 0.000294. The number of aromatic hydroxyl groups is 2. The molecule has 0 radical (unpaired) electrons. The summed E-state index contributed by atoms with van der Waals surface area (Å²) >= 11 is 2.34. The van der Waals surface area contributed by atoms with Gasteiger partial charge in [-0.25, -0.2) is 10.1 Å². The quantitative estimate of drug-likeness (QED) is 0.00992. The Morgan fingerprint density at radius 1 is 0.956 bits per heavy atom. The molecule has 68 heavy (non-hydrogen) atoms. The highest BCUT2D eigenvalue weighted by Crippen LogP contribution is 2.40. The van der Waals surface area contributed by atoms with Crippen molar-refractivity contribution in [1.29, 1.82) is 0 Å². The molecule has 3 aromatic heterocycles. The maximum Gasteiger partial charge on any atom is 0.737 e. The van der Waals surface area contributed by atoms with Crippen molar-refractivity contribution in [2.45, 2.75) is 77.2 Å². The number of carbonyl (C=O) groups is 3. The number of thiophene rings is 1. The molecular formula is C47H60BF2N6O10S2+. The van der Waals surface area contributed by atoms with Crippen molar-refractivity contribution in [2.75, 3.05) is 46.6 Å². The number of hydrogen-bond acceptors (Lipinski definition) is 12. The van der Waals surface area contributed by atoms with E-state index in [-0.39, 0.29) is 37.8 Å². The summed E-state index contributed by atoms with van der Waals surface area (Å²) in [7, 11) is 6.28. The molecule has 0 saturated heterocycles. The monoisotopic (exact) mass is 981 g/mol. The van der Waals surface area contributed by atoms with E-state index < -0.39 is 30.7 Å². The first-order valence-corrected chi connectivity index (χ1v) is 24.4. The van der Waals surface area contributed by atoms with Gasteiger partial charge in [0.05, 0.1) is 39.2 Å². The number of fused-ring (bicyclic) bond motifs is 2. The maximum absolute atomic E-state index is 16.9. The largest absolute Gasteiger partial charge is 0.737 e. The fourth-order valence-electron chi connectivity index (χ4n) is 8.00. The summed E-state index contributed by atoms with van der Waals surface area (Å²) in [6.45, 7) is -1.02. The smallest absolute Gasteiger partial charge is 0.494 e. The standard InChI is InChI=1S/C47H59BF2N6O10S2/c1-33-30-36(53-39(33)32-40-35(12-10-29-68-66-65-62)31-41(42-14-11-28-67-42)54(40)48(53,49)50)20-17-34-18-21-37(22-19-34)63-27-9-15-43(57)52-38(13-6-8-26-56(2,3)4)47(61)51-25-7-5-16-46(60)64-55-44(58)23-24-45(55)59/h11,14,17-24,28,30-32,38H,5-10,12-13,15-16,25-27,29H2,1-4H3,(H4-,51,52,57,58,59,61,62)/p+1. The van der Waals surface area contributed by atoms with Gasteiger partial charge in [0.15, 0.2) is 11.4 Å². The minimum atomic E-state index is -4.29. The van der Waals surface area contributed by atoms with Crippen LogP contribution in [-0.4, -0.2) is 117 Å². The van der Waals surface area contributed by atoms with Crippen LogP contribution < -0.4 is 20.2 Å². The van der Waals surface area contributed by atoms with E-state index in [2.05, 4.69) is 41.1 Å². The van der Waals surface area contributed by atoms with Crippen LogP contribution in [0.4, 0.5) is 8.63 Å². The predicted molar refractivity (Wildman–Crippen MR) is 259 cm³/mol. The van der Waals surface area contributed by atoms with Crippen molar-refractivity contribution >= 4 is 72.1 Å². The maximum atomic E-state index is 16.9. The number of nitrogens with zero attached hydrogens (tertiary/aromatic N) is 4. The SMILES string of the molecule is Cc1cc(C=Cc2ccc(OCCCC(=O)NC(CCCC[N+](C)(C)C)C(=O)NCCCCC(=O)On3c(O)ccc3O)cc2)n2c1C=C1C(CCCSOOO)=CC(c3cccs3)=[N+]1[B-]2(F)F. The molecule has 366 valence electrons. The van der Waals surface area contributed by atoms with Crippen LogP contribution in [0.2, 0.25) is 0 Å². The average molecular weight is 982 g/mol. The highest BCUT2D eigenvalue weighted by Gasteiger charge is 2.54. The number of rotatable bonds is 27. The Morgan fingerprint density at radius 3 is 2.43 bits per heavy atom. The number of ether oxygens (including phenoxy) is 1. The summed E-state index contributed by atoms with van der Waals surface area (Å²) in [4.78, 5) is 44.1. The molecule has 2 aliphatic heterocycles. The second-order valence-corrected chi connectivity index (χ2v) is 19.4. The summed E-state index contributed by atoms with van der Waals surface area (Å²) < 4.78 is 48.0. The zero-order valence-electron chi connectivity index (χ0n) is 38.7. The molecular weight excluding hydrogens is 921 g/mol. The van der Waals surface area contributed by atoms with E-state index in [1.807, 2.05) is 48.7 Å². The molecule has 2 amide bonds. The number of allylic oxidation sites excluding steroid dienone is 2. The van der Waals surface area contributed by atoms with Gasteiger partial charge in [0.1, 0.15) is 11.8 Å². The van der Waals surface area contributed by atoms with Crippen molar-refractivity contribution in [2.24, 2.45) is 0 Å². The van der Waals surface area contributed by atoms with Crippen molar-refractivity contribution in [1.82, 2.24) is 19.8 Å². The summed E-state index contributed by atoms with van der Waals surface area (Å²) in [5.41, 5.74) is 4.04. The molecule has 4 aromatic rings. The molecule has 1 aromatic carbocycles. The van der Waals surface area contributed by atoms with E-state index in [0.717, 1.165) is 62.0 Å². The van der Waals surface area contributed by atoms with Crippen LogP contribution in [0.1, 0.15) is 91.6 Å². The third kappa shape index (κ3) is 13.9. The van der Waals surface area contributed by atoms with Crippen molar-refractivity contribution in [3.63, 3.8) is 0 Å². The van der Waals surface area contributed by atoms with Gasteiger partial charge >= 0.3 is 12.9 Å². The van der Waals surface area contributed by atoms with Crippen molar-refractivity contribution in [3.8, 4) is 17.5 Å². The summed E-state index contributed by atoms with van der Waals surface area (Å²) in [5.74, 6) is -0.991. The first-order chi connectivity index (χ1) is 32.5. The molecule has 6 rings (SSSR count). The third-order valence-corrected chi connectivity index (χ3v) is 12.9. The fraction of sp³-hybridized carbons (Fsp3) is 0.404. The Balaban J connectivity index is 0.991. The molecule has 0 bridgehead atoms. The van der Waals surface area contributed by atoms with Gasteiger partial charge in [-0.1, -0.05) is 29.3 Å². The second-order valence-electron chi connectivity index (χ2n) is 17.6. The highest BCUT2D eigenvalue weighted by molar-refractivity contribution is 7.94. The lowest BCUT2D eigenvalue weighted by molar-refractivity contribution is -0.870. The number of aromatic nitrogens is 2. The van der Waals surface area contributed by atoms with Crippen molar-refractivity contribution in [3.05, 3.63) is 105 Å². The van der Waals surface area contributed by atoms with Gasteiger partial charge in [0, 0.05) is 78.4 Å². The number of benzene rings is 1. The van der Waals surface area contributed by atoms with Gasteiger partial charge in [-0.2, -0.15) is 0 Å². The Hall–Kier alpha value is -5.71. The molecule has 0 aliphatic carbocycles. The third-order valence-electron chi connectivity index (χ3n) is 11.4. The summed E-state index contributed by atoms with van der Waals surface area (Å²) in [6, 6.07) is 14.3. The topological polar surface area (TPSA) is 186 Å². The molecule has 1 atom stereocenters. The molecule has 2 aliphatic rings. The number of amides is 2. The summed E-state index contributed by atoms with van der Waals surface area (Å²) in [6.07, 6.45) is 11.8. The number of carbonyl (C=O) groups excluding carboxylic acids is 3. The molecule has 21 heteroatoms. The number of halogens is 2. The second kappa shape index (κ2) is 24.0. The number of nitrogens with one attached hydrogen (secondary N) is 2. The van der Waals surface area contributed by atoms with E-state index >= 15 is 8.63 Å². The molecule has 0 fully saturated rings. The molecule has 5 heterocycles. The van der Waals surface area contributed by atoms with Crippen LogP contribution in [0.25, 0.3) is 18.2 Å². The van der Waals surface area contributed by atoms with Gasteiger partial charge in [0.2, 0.25) is 23.6 Å². The lowest BCUT2D eigenvalue weighted by Crippen LogP contribution is -2.51. The number of hydrogen-bond donors (Lipinski definition) is 5. The van der Waals surface area contributed by atoms with Crippen LogP contribution in [0.3, 0.4) is 0 Å². The molecule has 0 saturated carbocycles. The van der Waals surface area contributed by atoms with E-state index in [0.29, 0.717) is 77.6 Å². The van der Waals surface area contributed by atoms with Crippen LogP contribution in [0, 0.1) is 6.92 Å². The molecule has 0 spiro atoms. The zero-order chi connectivity index (χ0) is 48.8. The molecule has 16 nitrogen and oxygen atoms in total. The summed E-state index contributed by atoms with van der Waals surface area (Å²) in [5, 5.41) is 39.0. The van der Waals surface area contributed by atoms with E-state index in [4.69, 9.17) is 14.8 Å². The van der Waals surface area contributed by atoms with Gasteiger partial charge in [-0.05, 0) is 105 Å². The van der Waals surface area contributed by atoms with Crippen molar-refractivity contribution < 1.29 is 66.4 Å². The Morgan fingerprint density at radius 2 is 1.72 bits per heavy atom. The Kier molecular flexibility index (Phi) is 18.3. The lowest BCUT2D eigenvalue weighted by atomic mass is 9.88. The number of quaternary nitrogens is 1. The Bertz CT molecular complexity index is 2480. The predicted octanol–water partition coefficient (Wildman–Crippen LogP) is 7.57. The first kappa shape index (κ1) is 51.7. The van der Waals surface area contributed by atoms with Crippen LogP contribution in [0.15, 0.2) is 77.3 Å². The zero-order valence-corrected chi connectivity index (χ0v) is 40.3. The van der Waals surface area contributed by atoms with Gasteiger partial charge < -0.3 is 52.5 Å². The van der Waals surface area contributed by atoms with Crippen LogP contribution in [-0.2, 0) is 23.8 Å². The van der Waals surface area contributed by atoms with E-state index in [1.165, 1.54) is 28.0 Å². The average Bonchev–Trinajstić information content (AvgIpc) is 4.10. The van der Waals surface area contributed by atoms with Gasteiger partial charge in [-0.15, -0.1) is 20.4 Å². The van der Waals surface area contributed by atoms with Gasteiger partial charge in [0.25, 0.3) is 0 Å². The lowest BCUT2D eigenvalue weighted by Gasteiger charge is -2.31. The van der Waals surface area contributed by atoms with Crippen LogP contribution >= 0.6 is 23.4 Å². The highest BCUT2D eigenvalue weighted by atomic mass is 32.2. The number of aryl methyl sites for hydroxylation is 1. The van der Waals surface area contributed by atoms with E-state index in [1.54, 1.807) is 30.4 Å². The van der Waals surface area contributed by atoms with Gasteiger partial charge in [-0.3, -0.25) is 9.59 Å². The molecule has 5 N–H and O–H groups in total. The fourth-order valence-corrected chi connectivity index (χ4v) is 9.11. The minimum Gasteiger partial charge on any atom is -0.494 e. The normalized spacial score (nSPS) is 14.6. The van der Waals surface area contributed by atoms with Crippen LogP contribution in [0.5, 0.6) is 17.5 Å².